The van der Waals surface area contributed by atoms with E-state index in [0.29, 0.717) is 37.7 Å². The average molecular weight is 437 g/mol. The number of rotatable bonds is 8. The first-order valence-corrected chi connectivity index (χ1v) is 11.4. The molecule has 0 aliphatic carbocycles. The monoisotopic (exact) mass is 436 g/mol. The second-order valence-electron chi connectivity index (χ2n) is 8.21. The summed E-state index contributed by atoms with van der Waals surface area (Å²) < 4.78 is 5.15. The molecule has 9 heteroatoms. The number of hydrogen-bond acceptors (Lipinski definition) is 6. The van der Waals surface area contributed by atoms with Crippen molar-refractivity contribution in [1.29, 1.82) is 0 Å². The fraction of sp³-hybridized carbons (Fsp3) is 0.619. The molecule has 3 amide bonds. The van der Waals surface area contributed by atoms with Crippen LogP contribution < -0.4 is 10.6 Å². The van der Waals surface area contributed by atoms with Crippen LogP contribution in [0.4, 0.5) is 4.79 Å². The highest BCUT2D eigenvalue weighted by molar-refractivity contribution is 7.99. The first-order chi connectivity index (χ1) is 14.2. The Labute approximate surface area is 182 Å². The molecule has 1 aliphatic heterocycles. The number of pyridine rings is 1. The molecule has 1 aliphatic rings. The molecule has 0 aromatic carbocycles. The van der Waals surface area contributed by atoms with Gasteiger partial charge in [0.1, 0.15) is 5.60 Å². The number of carbonyl (C=O) groups is 3. The minimum absolute atomic E-state index is 0.0556. The van der Waals surface area contributed by atoms with E-state index in [9.17, 15) is 14.4 Å². The maximum absolute atomic E-state index is 12.5. The number of hydrogen-bond donors (Lipinski definition) is 2. The van der Waals surface area contributed by atoms with Crippen LogP contribution in [0.2, 0.25) is 0 Å². The van der Waals surface area contributed by atoms with Gasteiger partial charge in [-0.3, -0.25) is 14.6 Å². The summed E-state index contributed by atoms with van der Waals surface area (Å²) in [4.78, 5) is 42.6. The SMILES string of the molecule is CC(C)(C)OC(=O)NCCNC(=O)C1CCCN(C(=O)CSCc2ccccn2)C1. The first-order valence-electron chi connectivity index (χ1n) is 10.2. The number of aromatic nitrogens is 1. The van der Waals surface area contributed by atoms with E-state index in [1.54, 1.807) is 31.9 Å². The predicted molar refractivity (Wildman–Crippen MR) is 117 cm³/mol. The minimum atomic E-state index is -0.554. The van der Waals surface area contributed by atoms with Gasteiger partial charge < -0.3 is 20.3 Å². The lowest BCUT2D eigenvalue weighted by molar-refractivity contribution is -0.133. The lowest BCUT2D eigenvalue weighted by Gasteiger charge is -2.32. The van der Waals surface area contributed by atoms with Gasteiger partial charge in [0, 0.05) is 38.1 Å². The van der Waals surface area contributed by atoms with Crippen LogP contribution in [0.5, 0.6) is 0 Å². The molecule has 30 heavy (non-hydrogen) atoms. The van der Waals surface area contributed by atoms with Crippen LogP contribution in [-0.2, 0) is 20.1 Å². The number of nitrogens with one attached hydrogen (secondary N) is 2. The third-order valence-corrected chi connectivity index (χ3v) is 5.39. The van der Waals surface area contributed by atoms with Gasteiger partial charge >= 0.3 is 6.09 Å². The summed E-state index contributed by atoms with van der Waals surface area (Å²) in [5.74, 6) is 0.823. The van der Waals surface area contributed by atoms with Crippen molar-refractivity contribution in [1.82, 2.24) is 20.5 Å². The number of likely N-dealkylation sites (tertiary alicyclic amines) is 1. The van der Waals surface area contributed by atoms with Gasteiger partial charge in [-0.05, 0) is 45.7 Å². The molecule has 2 N–H and O–H groups in total. The number of amides is 3. The van der Waals surface area contributed by atoms with Crippen LogP contribution in [0.3, 0.4) is 0 Å². The Morgan fingerprint density at radius 2 is 2.00 bits per heavy atom. The van der Waals surface area contributed by atoms with Crippen molar-refractivity contribution in [2.45, 2.75) is 45.0 Å². The van der Waals surface area contributed by atoms with Gasteiger partial charge in [-0.2, -0.15) is 0 Å². The molecule has 1 aromatic rings. The Morgan fingerprint density at radius 1 is 1.23 bits per heavy atom. The largest absolute Gasteiger partial charge is 0.444 e. The normalized spacial score (nSPS) is 16.6. The Balaban J connectivity index is 1.66. The molecule has 0 radical (unpaired) electrons. The molecule has 1 atom stereocenters. The van der Waals surface area contributed by atoms with Crippen LogP contribution in [0, 0.1) is 5.92 Å². The highest BCUT2D eigenvalue weighted by Gasteiger charge is 2.28. The maximum Gasteiger partial charge on any atom is 0.407 e. The molecule has 1 aromatic heterocycles. The van der Waals surface area contributed by atoms with E-state index in [1.807, 2.05) is 18.2 Å². The zero-order valence-electron chi connectivity index (χ0n) is 18.0. The molecule has 2 rings (SSSR count). The van der Waals surface area contributed by atoms with Gasteiger partial charge in [0.2, 0.25) is 11.8 Å². The maximum atomic E-state index is 12.5. The topological polar surface area (TPSA) is 101 Å². The van der Waals surface area contributed by atoms with Crippen molar-refractivity contribution >= 4 is 29.7 Å². The Morgan fingerprint density at radius 3 is 2.70 bits per heavy atom. The zero-order chi connectivity index (χ0) is 22.0. The van der Waals surface area contributed by atoms with Gasteiger partial charge in [-0.25, -0.2) is 4.79 Å². The van der Waals surface area contributed by atoms with Gasteiger partial charge in [-0.1, -0.05) is 6.07 Å². The number of carbonyl (C=O) groups excluding carboxylic acids is 3. The number of ether oxygens (including phenoxy) is 1. The molecule has 166 valence electrons. The summed E-state index contributed by atoms with van der Waals surface area (Å²) in [6.07, 6.45) is 2.81. The van der Waals surface area contributed by atoms with Crippen LogP contribution in [0.15, 0.2) is 24.4 Å². The van der Waals surface area contributed by atoms with Gasteiger partial charge in [0.15, 0.2) is 0 Å². The van der Waals surface area contributed by atoms with Crippen molar-refractivity contribution in [3.05, 3.63) is 30.1 Å². The lowest BCUT2D eigenvalue weighted by atomic mass is 9.97. The van der Waals surface area contributed by atoms with E-state index in [2.05, 4.69) is 15.6 Å². The van der Waals surface area contributed by atoms with Crippen LogP contribution >= 0.6 is 11.8 Å². The van der Waals surface area contributed by atoms with E-state index in [-0.39, 0.29) is 17.7 Å². The Bertz CT molecular complexity index is 709. The van der Waals surface area contributed by atoms with Crippen LogP contribution in [0.1, 0.15) is 39.3 Å². The fourth-order valence-corrected chi connectivity index (χ4v) is 3.88. The smallest absolute Gasteiger partial charge is 0.407 e. The summed E-state index contributed by atoms with van der Waals surface area (Å²) in [7, 11) is 0. The molecule has 0 saturated carbocycles. The molecule has 2 heterocycles. The minimum Gasteiger partial charge on any atom is -0.444 e. The molecular weight excluding hydrogens is 404 g/mol. The molecule has 8 nitrogen and oxygen atoms in total. The Hall–Kier alpha value is -2.29. The molecular formula is C21H32N4O4S. The second-order valence-corrected chi connectivity index (χ2v) is 9.20. The standard InChI is InChI=1S/C21H32N4O4S/c1-21(2,3)29-20(28)24-11-10-23-19(27)16-7-6-12-25(13-16)18(26)15-30-14-17-8-4-5-9-22-17/h4-5,8-9,16H,6-7,10-15H2,1-3H3,(H,23,27)(H,24,28). The summed E-state index contributed by atoms with van der Waals surface area (Å²) in [6.45, 7) is 7.12. The van der Waals surface area contributed by atoms with Crippen LogP contribution in [-0.4, -0.2) is 65.3 Å². The number of piperidine rings is 1. The van der Waals surface area contributed by atoms with Gasteiger partial charge in [0.25, 0.3) is 0 Å². The van der Waals surface area contributed by atoms with E-state index >= 15 is 0 Å². The number of thioether (sulfide) groups is 1. The number of alkyl carbamates (subject to hydrolysis) is 1. The molecule has 0 spiro atoms. The zero-order valence-corrected chi connectivity index (χ0v) is 18.8. The van der Waals surface area contributed by atoms with E-state index in [1.165, 1.54) is 11.8 Å². The summed E-state index contributed by atoms with van der Waals surface area (Å²) in [5, 5.41) is 5.45. The second kappa shape index (κ2) is 11.8. The van der Waals surface area contributed by atoms with Crippen molar-refractivity contribution in [2.24, 2.45) is 5.92 Å². The number of nitrogens with zero attached hydrogens (tertiary/aromatic N) is 2. The Kier molecular flexibility index (Phi) is 9.42. The molecule has 1 saturated heterocycles. The van der Waals surface area contributed by atoms with Crippen molar-refractivity contribution in [2.75, 3.05) is 31.9 Å². The van der Waals surface area contributed by atoms with E-state index < -0.39 is 11.7 Å². The third-order valence-electron chi connectivity index (χ3n) is 4.44. The van der Waals surface area contributed by atoms with Crippen molar-refractivity contribution < 1.29 is 19.1 Å². The fourth-order valence-electron chi connectivity index (χ4n) is 3.04. The van der Waals surface area contributed by atoms with Gasteiger partial charge in [-0.15, -0.1) is 11.8 Å². The average Bonchev–Trinajstić information content (AvgIpc) is 2.70. The highest BCUT2D eigenvalue weighted by Crippen LogP contribution is 2.18. The summed E-state index contributed by atoms with van der Waals surface area (Å²) >= 11 is 1.53. The van der Waals surface area contributed by atoms with E-state index in [0.717, 1.165) is 18.5 Å². The summed E-state index contributed by atoms with van der Waals surface area (Å²) in [6, 6.07) is 5.74. The third kappa shape index (κ3) is 9.02. The van der Waals surface area contributed by atoms with Crippen molar-refractivity contribution in [3.8, 4) is 0 Å². The quantitative estimate of drug-likeness (QED) is 0.606. The summed E-state index contributed by atoms with van der Waals surface area (Å²) in [5.41, 5.74) is 0.396. The highest BCUT2D eigenvalue weighted by atomic mass is 32.2. The molecule has 1 unspecified atom stereocenters. The molecule has 1 fully saturated rings. The van der Waals surface area contributed by atoms with Crippen LogP contribution in [0.25, 0.3) is 0 Å². The van der Waals surface area contributed by atoms with Gasteiger partial charge in [0.05, 0.1) is 17.4 Å². The van der Waals surface area contributed by atoms with Crippen molar-refractivity contribution in [3.63, 3.8) is 0 Å². The predicted octanol–water partition coefficient (Wildman–Crippen LogP) is 2.19. The first kappa shape index (κ1) is 24.0. The molecule has 0 bridgehead atoms. The van der Waals surface area contributed by atoms with E-state index in [4.69, 9.17) is 4.74 Å². The lowest BCUT2D eigenvalue weighted by Crippen LogP contribution is -2.47.